The molecule has 1 amide bonds. The maximum Gasteiger partial charge on any atom is 0.254 e. The van der Waals surface area contributed by atoms with Gasteiger partial charge < -0.3 is 14.2 Å². The lowest BCUT2D eigenvalue weighted by Gasteiger charge is -2.26. The Hall–Kier alpha value is -2.31. The standard InChI is InChI=1S/C24H22Cl2N2O3.ClH/c1-27(2)13-19-11-17-9-10-28(14-22(17)31-19)24(30)16-5-3-15(4-6-16)23(29)18-7-8-20(25)21(26)12-18;/h3-8,11-12H,9-10,13-14H2,1-2H3;1H. The van der Waals surface area contributed by atoms with Gasteiger partial charge in [-0.2, -0.15) is 0 Å². The lowest BCUT2D eigenvalue weighted by molar-refractivity contribution is 0.0718. The van der Waals surface area contributed by atoms with E-state index in [4.69, 9.17) is 27.6 Å². The largest absolute Gasteiger partial charge is 0.463 e. The van der Waals surface area contributed by atoms with Crippen LogP contribution in [0.15, 0.2) is 52.9 Å². The summed E-state index contributed by atoms with van der Waals surface area (Å²) in [6.45, 7) is 1.82. The zero-order valence-electron chi connectivity index (χ0n) is 17.7. The monoisotopic (exact) mass is 492 g/mol. The minimum atomic E-state index is -0.177. The molecule has 2 aromatic carbocycles. The van der Waals surface area contributed by atoms with Gasteiger partial charge in [0.15, 0.2) is 5.78 Å². The Bertz CT molecular complexity index is 1140. The molecule has 3 aromatic rings. The van der Waals surface area contributed by atoms with Crippen LogP contribution in [0.25, 0.3) is 0 Å². The quantitative estimate of drug-likeness (QED) is 0.441. The molecule has 2 heterocycles. The summed E-state index contributed by atoms with van der Waals surface area (Å²) < 4.78 is 5.95. The van der Waals surface area contributed by atoms with Gasteiger partial charge in [0.25, 0.3) is 5.91 Å². The molecule has 0 aliphatic carbocycles. The molecule has 0 radical (unpaired) electrons. The number of ketones is 1. The summed E-state index contributed by atoms with van der Waals surface area (Å²) in [6.07, 6.45) is 0.770. The zero-order chi connectivity index (χ0) is 22.1. The molecule has 168 valence electrons. The van der Waals surface area contributed by atoms with E-state index < -0.39 is 0 Å². The molecule has 0 bridgehead atoms. The van der Waals surface area contributed by atoms with Crippen LogP contribution in [-0.4, -0.2) is 42.1 Å². The molecule has 0 spiro atoms. The van der Waals surface area contributed by atoms with Crippen LogP contribution >= 0.6 is 35.6 Å². The van der Waals surface area contributed by atoms with Crippen LogP contribution in [0.5, 0.6) is 0 Å². The molecule has 0 atom stereocenters. The van der Waals surface area contributed by atoms with Crippen molar-refractivity contribution in [3.8, 4) is 0 Å². The highest BCUT2D eigenvalue weighted by Gasteiger charge is 2.25. The van der Waals surface area contributed by atoms with Crippen molar-refractivity contribution in [3.05, 3.63) is 92.4 Å². The Labute approximate surface area is 203 Å². The van der Waals surface area contributed by atoms with Gasteiger partial charge in [0.2, 0.25) is 0 Å². The highest BCUT2D eigenvalue weighted by atomic mass is 35.5. The van der Waals surface area contributed by atoms with Gasteiger partial charge in [-0.15, -0.1) is 12.4 Å². The van der Waals surface area contributed by atoms with Crippen LogP contribution < -0.4 is 0 Å². The van der Waals surface area contributed by atoms with Crippen molar-refractivity contribution < 1.29 is 14.0 Å². The molecule has 0 saturated carbocycles. The van der Waals surface area contributed by atoms with Crippen molar-refractivity contribution >= 4 is 47.3 Å². The molecular formula is C24H23Cl3N2O3. The minimum Gasteiger partial charge on any atom is -0.463 e. The Morgan fingerprint density at radius 3 is 2.28 bits per heavy atom. The van der Waals surface area contributed by atoms with Crippen molar-refractivity contribution in [3.63, 3.8) is 0 Å². The first kappa shape index (κ1) is 24.3. The topological polar surface area (TPSA) is 53.8 Å². The van der Waals surface area contributed by atoms with Crippen molar-refractivity contribution in [1.29, 1.82) is 0 Å². The van der Waals surface area contributed by atoms with Crippen molar-refractivity contribution in [2.45, 2.75) is 19.5 Å². The smallest absolute Gasteiger partial charge is 0.254 e. The van der Waals surface area contributed by atoms with Crippen LogP contribution in [0, 0.1) is 0 Å². The number of fused-ring (bicyclic) bond motifs is 1. The third kappa shape index (κ3) is 5.18. The van der Waals surface area contributed by atoms with E-state index in [1.165, 1.54) is 5.56 Å². The van der Waals surface area contributed by atoms with Gasteiger partial charge in [-0.1, -0.05) is 35.3 Å². The molecule has 8 heteroatoms. The number of hydrogen-bond acceptors (Lipinski definition) is 4. The van der Waals surface area contributed by atoms with Crippen LogP contribution in [0.1, 0.15) is 43.4 Å². The molecule has 5 nitrogen and oxygen atoms in total. The molecule has 1 aliphatic rings. The number of carbonyl (C=O) groups is 2. The second kappa shape index (κ2) is 10.1. The summed E-state index contributed by atoms with van der Waals surface area (Å²) in [4.78, 5) is 29.5. The molecule has 1 aromatic heterocycles. The van der Waals surface area contributed by atoms with Crippen LogP contribution in [0.2, 0.25) is 10.0 Å². The number of benzene rings is 2. The van der Waals surface area contributed by atoms with E-state index in [0.29, 0.717) is 39.8 Å². The lowest BCUT2D eigenvalue weighted by Crippen LogP contribution is -2.35. The first-order chi connectivity index (χ1) is 14.8. The predicted octanol–water partition coefficient (Wildman–Crippen LogP) is 5.50. The molecule has 4 rings (SSSR count). The van der Waals surface area contributed by atoms with E-state index in [0.717, 1.165) is 24.5 Å². The third-order valence-electron chi connectivity index (χ3n) is 5.27. The summed E-state index contributed by atoms with van der Waals surface area (Å²) in [5.41, 5.74) is 2.64. The average Bonchev–Trinajstić information content (AvgIpc) is 3.15. The van der Waals surface area contributed by atoms with E-state index in [1.807, 2.05) is 19.0 Å². The molecule has 0 unspecified atom stereocenters. The van der Waals surface area contributed by atoms with E-state index in [1.54, 1.807) is 47.4 Å². The van der Waals surface area contributed by atoms with E-state index in [2.05, 4.69) is 6.07 Å². The van der Waals surface area contributed by atoms with Crippen molar-refractivity contribution in [2.24, 2.45) is 0 Å². The second-order valence-corrected chi connectivity index (χ2v) is 8.73. The molecule has 0 fully saturated rings. The summed E-state index contributed by atoms with van der Waals surface area (Å²) in [5, 5.41) is 0.727. The zero-order valence-corrected chi connectivity index (χ0v) is 20.1. The maximum absolute atomic E-state index is 13.0. The molecule has 1 aliphatic heterocycles. The summed E-state index contributed by atoms with van der Waals surface area (Å²) in [5.74, 6) is 1.51. The fraction of sp³-hybridized carbons (Fsp3) is 0.250. The summed E-state index contributed by atoms with van der Waals surface area (Å²) >= 11 is 11.9. The van der Waals surface area contributed by atoms with Gasteiger partial charge in [0, 0.05) is 23.2 Å². The maximum atomic E-state index is 13.0. The summed E-state index contributed by atoms with van der Waals surface area (Å²) in [6, 6.07) is 13.5. The number of furan rings is 1. The highest BCUT2D eigenvalue weighted by Crippen LogP contribution is 2.26. The number of halogens is 3. The fourth-order valence-corrected chi connectivity index (χ4v) is 3.99. The van der Waals surface area contributed by atoms with Gasteiger partial charge in [0.1, 0.15) is 11.5 Å². The molecule has 0 N–H and O–H groups in total. The normalized spacial score (nSPS) is 13.0. The summed E-state index contributed by atoms with van der Waals surface area (Å²) in [7, 11) is 3.99. The van der Waals surface area contributed by atoms with Crippen LogP contribution in [-0.2, 0) is 19.5 Å². The number of rotatable bonds is 5. The molecular weight excluding hydrogens is 471 g/mol. The van der Waals surface area contributed by atoms with Crippen molar-refractivity contribution in [1.82, 2.24) is 9.80 Å². The van der Waals surface area contributed by atoms with Gasteiger partial charge in [0.05, 0.1) is 23.1 Å². The molecule has 0 saturated heterocycles. The number of carbonyl (C=O) groups excluding carboxylic acids is 2. The first-order valence-corrected chi connectivity index (χ1v) is 10.7. The van der Waals surface area contributed by atoms with E-state index in [9.17, 15) is 9.59 Å². The van der Waals surface area contributed by atoms with Gasteiger partial charge in [-0.25, -0.2) is 0 Å². The van der Waals surface area contributed by atoms with Crippen LogP contribution in [0.3, 0.4) is 0 Å². The Balaban J connectivity index is 0.00000289. The number of amides is 1. The second-order valence-electron chi connectivity index (χ2n) is 7.91. The highest BCUT2D eigenvalue weighted by molar-refractivity contribution is 6.42. The fourth-order valence-electron chi connectivity index (χ4n) is 3.70. The Morgan fingerprint density at radius 2 is 1.62 bits per heavy atom. The van der Waals surface area contributed by atoms with E-state index >= 15 is 0 Å². The molecule has 32 heavy (non-hydrogen) atoms. The Kier molecular flexibility index (Phi) is 7.67. The lowest BCUT2D eigenvalue weighted by atomic mass is 10.0. The van der Waals surface area contributed by atoms with Gasteiger partial charge in [-0.05, 0) is 62.5 Å². The van der Waals surface area contributed by atoms with E-state index in [-0.39, 0.29) is 24.1 Å². The minimum absolute atomic E-state index is 0. The predicted molar refractivity (Wildman–Crippen MR) is 128 cm³/mol. The SMILES string of the molecule is CN(C)Cc1cc2c(o1)CN(C(=O)c1ccc(C(=O)c3ccc(Cl)c(Cl)c3)cc1)CC2.Cl. The average molecular weight is 494 g/mol. The Morgan fingerprint density at radius 1 is 0.969 bits per heavy atom. The van der Waals surface area contributed by atoms with Crippen molar-refractivity contribution in [2.75, 3.05) is 20.6 Å². The van der Waals surface area contributed by atoms with Crippen LogP contribution in [0.4, 0.5) is 0 Å². The first-order valence-electron chi connectivity index (χ1n) is 9.96. The number of hydrogen-bond donors (Lipinski definition) is 0. The van der Waals surface area contributed by atoms with Gasteiger partial charge >= 0.3 is 0 Å². The number of nitrogens with zero attached hydrogens (tertiary/aromatic N) is 2. The van der Waals surface area contributed by atoms with Gasteiger partial charge in [-0.3, -0.25) is 9.59 Å². The third-order valence-corrected chi connectivity index (χ3v) is 6.01.